The highest BCUT2D eigenvalue weighted by atomic mass is 16.5. The lowest BCUT2D eigenvalue weighted by atomic mass is 9.62. The van der Waals surface area contributed by atoms with E-state index in [1.807, 2.05) is 45.0 Å². The van der Waals surface area contributed by atoms with Gasteiger partial charge in [0.2, 0.25) is 17.7 Å². The number of hydrogen-bond donors (Lipinski definition) is 3. The van der Waals surface area contributed by atoms with E-state index in [0.717, 1.165) is 25.2 Å². The van der Waals surface area contributed by atoms with Crippen LogP contribution >= 0.6 is 0 Å². The molecule has 1 aromatic rings. The smallest absolute Gasteiger partial charge is 0.250 e. The molecule has 1 spiro atoms. The van der Waals surface area contributed by atoms with Gasteiger partial charge in [-0.05, 0) is 76.6 Å². The Hall–Kier alpha value is -2.65. The van der Waals surface area contributed by atoms with Gasteiger partial charge in [-0.15, -0.1) is 0 Å². The zero-order valence-corrected chi connectivity index (χ0v) is 23.5. The van der Waals surface area contributed by atoms with Gasteiger partial charge in [-0.25, -0.2) is 0 Å². The van der Waals surface area contributed by atoms with Crippen molar-refractivity contribution in [1.29, 1.82) is 0 Å². The maximum absolute atomic E-state index is 14.0. The van der Waals surface area contributed by atoms with Crippen LogP contribution in [0.15, 0.2) is 24.3 Å². The normalized spacial score (nSPS) is 31.4. The summed E-state index contributed by atoms with van der Waals surface area (Å²) in [5, 5.41) is 15.4. The number of likely N-dealkylation sites (tertiary alicyclic amines) is 1. The Labute approximate surface area is 226 Å². The largest absolute Gasteiger partial charge is 0.396 e. The summed E-state index contributed by atoms with van der Waals surface area (Å²) in [6, 6.07) is 6.88. The van der Waals surface area contributed by atoms with Crippen LogP contribution in [0, 0.1) is 17.8 Å². The van der Waals surface area contributed by atoms with Gasteiger partial charge >= 0.3 is 0 Å². The highest BCUT2D eigenvalue weighted by molar-refractivity contribution is 6.03. The van der Waals surface area contributed by atoms with Crippen molar-refractivity contribution in [3.8, 4) is 0 Å². The maximum atomic E-state index is 14.0. The number of fused-ring (bicyclic) bond motifs is 1. The molecule has 0 aliphatic carbocycles. The summed E-state index contributed by atoms with van der Waals surface area (Å²) in [4.78, 5) is 45.2. The number of benzene rings is 1. The Balaban J connectivity index is 1.66. The van der Waals surface area contributed by atoms with Gasteiger partial charge in [0.25, 0.3) is 0 Å². The Morgan fingerprint density at radius 2 is 1.82 bits per heavy atom. The van der Waals surface area contributed by atoms with Crippen molar-refractivity contribution in [2.24, 2.45) is 17.8 Å². The van der Waals surface area contributed by atoms with Gasteiger partial charge in [0, 0.05) is 44.2 Å². The first kappa shape index (κ1) is 28.4. The van der Waals surface area contributed by atoms with Crippen LogP contribution in [0.4, 0.5) is 11.4 Å². The quantitative estimate of drug-likeness (QED) is 0.360. The number of amides is 3. The molecule has 0 aromatic heterocycles. The van der Waals surface area contributed by atoms with Gasteiger partial charge in [0.05, 0.1) is 17.4 Å². The van der Waals surface area contributed by atoms with Crippen LogP contribution in [0.3, 0.4) is 0 Å². The second kappa shape index (κ2) is 11.2. The molecule has 3 aliphatic heterocycles. The highest BCUT2D eigenvalue weighted by Crippen LogP contribution is 2.65. The van der Waals surface area contributed by atoms with E-state index in [9.17, 15) is 19.5 Å². The lowest BCUT2D eigenvalue weighted by Crippen LogP contribution is -2.54. The van der Waals surface area contributed by atoms with Gasteiger partial charge in [-0.3, -0.25) is 14.4 Å². The number of hydrogen-bond acceptors (Lipinski definition) is 6. The van der Waals surface area contributed by atoms with Gasteiger partial charge in [0.1, 0.15) is 11.6 Å². The van der Waals surface area contributed by atoms with Crippen LogP contribution in [0.5, 0.6) is 0 Å². The molecular formula is C29H44N4O5. The van der Waals surface area contributed by atoms with Crippen molar-refractivity contribution in [2.75, 3.05) is 43.0 Å². The Kier molecular flexibility index (Phi) is 8.37. The van der Waals surface area contributed by atoms with E-state index in [4.69, 9.17) is 4.74 Å². The van der Waals surface area contributed by atoms with Crippen molar-refractivity contribution in [1.82, 2.24) is 10.2 Å². The molecule has 3 fully saturated rings. The Morgan fingerprint density at radius 1 is 1.13 bits per heavy atom. The van der Waals surface area contributed by atoms with Crippen LogP contribution < -0.4 is 15.5 Å². The molecule has 3 saturated heterocycles. The molecule has 3 aliphatic rings. The molecule has 4 rings (SSSR count). The molecule has 0 saturated carbocycles. The predicted molar refractivity (Wildman–Crippen MR) is 147 cm³/mol. The zero-order valence-electron chi connectivity index (χ0n) is 23.5. The molecule has 1 aromatic carbocycles. The molecular weight excluding hydrogens is 484 g/mol. The number of rotatable bonds is 12. The van der Waals surface area contributed by atoms with Gasteiger partial charge in [-0.2, -0.15) is 0 Å². The zero-order chi connectivity index (χ0) is 27.7. The van der Waals surface area contributed by atoms with Crippen molar-refractivity contribution >= 4 is 29.1 Å². The molecule has 6 atom stereocenters. The van der Waals surface area contributed by atoms with E-state index in [0.29, 0.717) is 38.0 Å². The molecule has 38 heavy (non-hydrogen) atoms. The number of nitrogens with one attached hydrogen (secondary N) is 2. The van der Waals surface area contributed by atoms with E-state index in [1.165, 1.54) is 0 Å². The number of unbranched alkanes of at least 4 members (excludes halogenated alkanes) is 1. The van der Waals surface area contributed by atoms with Crippen molar-refractivity contribution in [3.63, 3.8) is 0 Å². The minimum Gasteiger partial charge on any atom is -0.396 e. The first-order chi connectivity index (χ1) is 18.2. The third-order valence-corrected chi connectivity index (χ3v) is 8.97. The molecule has 9 nitrogen and oxygen atoms in total. The number of anilines is 2. The Morgan fingerprint density at radius 3 is 2.42 bits per heavy atom. The Bertz CT molecular complexity index is 1030. The summed E-state index contributed by atoms with van der Waals surface area (Å²) in [5.74, 6) is -2.04. The second-order valence-corrected chi connectivity index (χ2v) is 11.2. The van der Waals surface area contributed by atoms with Gasteiger partial charge < -0.3 is 30.3 Å². The van der Waals surface area contributed by atoms with Crippen molar-refractivity contribution < 1.29 is 24.2 Å². The summed E-state index contributed by atoms with van der Waals surface area (Å²) in [6.07, 6.45) is 2.42. The lowest BCUT2D eigenvalue weighted by molar-refractivity contribution is -0.146. The van der Waals surface area contributed by atoms with Crippen molar-refractivity contribution in [3.05, 3.63) is 24.3 Å². The highest BCUT2D eigenvalue weighted by Gasteiger charge is 2.79. The van der Waals surface area contributed by atoms with Crippen LogP contribution in [0.25, 0.3) is 0 Å². The number of carbonyl (C=O) groups is 3. The van der Waals surface area contributed by atoms with E-state index in [2.05, 4.69) is 29.4 Å². The number of aliphatic hydroxyl groups excluding tert-OH is 1. The number of nitrogens with zero attached hydrogens (tertiary/aromatic N) is 2. The average Bonchev–Trinajstić information content (AvgIpc) is 3.41. The molecule has 210 valence electrons. The van der Waals surface area contributed by atoms with E-state index in [1.54, 1.807) is 4.90 Å². The van der Waals surface area contributed by atoms with Crippen LogP contribution in [-0.4, -0.2) is 77.8 Å². The maximum Gasteiger partial charge on any atom is 0.250 e. The molecule has 3 N–H and O–H groups in total. The first-order valence-electron chi connectivity index (χ1n) is 14.2. The predicted octanol–water partition coefficient (Wildman–Crippen LogP) is 2.78. The second-order valence-electron chi connectivity index (χ2n) is 11.2. The summed E-state index contributed by atoms with van der Waals surface area (Å²) >= 11 is 0. The molecule has 9 heteroatoms. The van der Waals surface area contributed by atoms with Crippen LogP contribution in [0.2, 0.25) is 0 Å². The lowest BCUT2D eigenvalue weighted by Gasteiger charge is -2.36. The monoisotopic (exact) mass is 528 g/mol. The molecule has 2 bridgehead atoms. The van der Waals surface area contributed by atoms with Crippen LogP contribution in [-0.2, 0) is 19.1 Å². The summed E-state index contributed by atoms with van der Waals surface area (Å²) in [7, 11) is 0. The van der Waals surface area contributed by atoms with Crippen LogP contribution in [0.1, 0.15) is 60.3 Å². The molecule has 3 heterocycles. The number of carbonyl (C=O) groups excluding carboxylic acids is 3. The van der Waals surface area contributed by atoms with E-state index in [-0.39, 0.29) is 30.2 Å². The molecule has 0 radical (unpaired) electrons. The fourth-order valence-electron chi connectivity index (χ4n) is 6.99. The van der Waals surface area contributed by atoms with E-state index >= 15 is 0 Å². The number of aliphatic hydroxyl groups is 1. The fourth-order valence-corrected chi connectivity index (χ4v) is 6.99. The standard InChI is InChI=1S/C29H44N4O5/c1-6-15-30-25(35)22-23-27(37)33(16-9-10-17-34)24(29(23)18-19(4)28(22,5)38-29)26(36)31-20-11-13-21(14-12-20)32(7-2)8-3/h11-14,19,22-24,34H,6-10,15-18H2,1-5H3,(H,30,35)(H,31,36)/t19?,22-,23-,24?,28+,29?/m0/s1. The third-order valence-electron chi connectivity index (χ3n) is 8.97. The average molecular weight is 529 g/mol. The van der Waals surface area contributed by atoms with Gasteiger partial charge in [0.15, 0.2) is 0 Å². The third kappa shape index (κ3) is 4.57. The van der Waals surface area contributed by atoms with Gasteiger partial charge in [-0.1, -0.05) is 13.8 Å². The first-order valence-corrected chi connectivity index (χ1v) is 14.2. The summed E-state index contributed by atoms with van der Waals surface area (Å²) in [6.45, 7) is 12.8. The minimum absolute atomic E-state index is 0.00460. The fraction of sp³-hybridized carbons (Fsp3) is 0.690. The van der Waals surface area contributed by atoms with Crippen molar-refractivity contribution in [2.45, 2.75) is 77.5 Å². The topological polar surface area (TPSA) is 111 Å². The molecule has 3 unspecified atom stereocenters. The SMILES string of the molecule is CCCNC(=O)[C@@H]1[C@H]2C(=O)N(CCCCO)C(C(=O)Nc3ccc(N(CC)CC)cc3)C23CC(C)[C@@]1(C)O3. The summed E-state index contributed by atoms with van der Waals surface area (Å²) < 4.78 is 6.72. The summed E-state index contributed by atoms with van der Waals surface area (Å²) in [5.41, 5.74) is -0.158. The number of ether oxygens (including phenoxy) is 1. The minimum atomic E-state index is -1.07. The molecule has 3 amide bonds. The van der Waals surface area contributed by atoms with E-state index < -0.39 is 29.1 Å².